The SMILES string of the molecule is COc1ccc(OC)c(NC(=O)CSc2nnc3ccc(-c4ccc(C)cc4)nn23)c1. The standard InChI is InChI=1S/C22H21N5O3S/c1-14-4-6-15(7-5-14)17-9-11-20-24-25-22(27(20)26-17)31-13-21(28)23-18-12-16(29-2)8-10-19(18)30-3/h4-12H,13H2,1-3H3,(H,23,28). The second-order valence-electron chi connectivity index (χ2n) is 6.74. The fourth-order valence-corrected chi connectivity index (χ4v) is 3.65. The molecule has 1 N–H and O–H groups in total. The largest absolute Gasteiger partial charge is 0.497 e. The third-order valence-electron chi connectivity index (χ3n) is 4.59. The van der Waals surface area contributed by atoms with Crippen molar-refractivity contribution in [1.29, 1.82) is 0 Å². The first-order valence-corrected chi connectivity index (χ1v) is 10.5. The van der Waals surface area contributed by atoms with Gasteiger partial charge in [-0.05, 0) is 31.2 Å². The first-order valence-electron chi connectivity index (χ1n) is 9.51. The van der Waals surface area contributed by atoms with Gasteiger partial charge in [-0.2, -0.15) is 9.61 Å². The van der Waals surface area contributed by atoms with Gasteiger partial charge in [0.2, 0.25) is 11.1 Å². The summed E-state index contributed by atoms with van der Waals surface area (Å²) in [6, 6.07) is 17.1. The van der Waals surface area contributed by atoms with Crippen molar-refractivity contribution in [3.05, 3.63) is 60.2 Å². The topological polar surface area (TPSA) is 90.6 Å². The second-order valence-corrected chi connectivity index (χ2v) is 7.68. The highest BCUT2D eigenvalue weighted by Gasteiger charge is 2.14. The molecule has 0 saturated carbocycles. The van der Waals surface area contributed by atoms with Gasteiger partial charge in [0.25, 0.3) is 0 Å². The van der Waals surface area contributed by atoms with Gasteiger partial charge in [0.1, 0.15) is 11.5 Å². The number of amides is 1. The zero-order valence-electron chi connectivity index (χ0n) is 17.3. The molecule has 9 heteroatoms. The minimum Gasteiger partial charge on any atom is -0.497 e. The lowest BCUT2D eigenvalue weighted by molar-refractivity contribution is -0.113. The molecule has 1 amide bonds. The van der Waals surface area contributed by atoms with Gasteiger partial charge in [-0.1, -0.05) is 41.6 Å². The van der Waals surface area contributed by atoms with Gasteiger partial charge in [0, 0.05) is 11.6 Å². The molecule has 2 heterocycles. The highest BCUT2D eigenvalue weighted by molar-refractivity contribution is 7.99. The summed E-state index contributed by atoms with van der Waals surface area (Å²) >= 11 is 1.26. The number of nitrogens with zero attached hydrogens (tertiary/aromatic N) is 4. The normalized spacial score (nSPS) is 10.8. The maximum atomic E-state index is 12.5. The Morgan fingerprint density at radius 1 is 1.03 bits per heavy atom. The molecule has 4 aromatic rings. The number of benzene rings is 2. The van der Waals surface area contributed by atoms with Crippen LogP contribution in [-0.2, 0) is 4.79 Å². The number of carbonyl (C=O) groups excluding carboxylic acids is 1. The Morgan fingerprint density at radius 3 is 2.58 bits per heavy atom. The van der Waals surface area contributed by atoms with E-state index in [1.54, 1.807) is 36.9 Å². The lowest BCUT2D eigenvalue weighted by atomic mass is 10.1. The van der Waals surface area contributed by atoms with Crippen molar-refractivity contribution in [3.63, 3.8) is 0 Å². The van der Waals surface area contributed by atoms with Crippen molar-refractivity contribution in [2.75, 3.05) is 25.3 Å². The van der Waals surface area contributed by atoms with Crippen LogP contribution in [0.4, 0.5) is 5.69 Å². The van der Waals surface area contributed by atoms with Gasteiger partial charge in [0.05, 0.1) is 31.4 Å². The van der Waals surface area contributed by atoms with E-state index in [1.165, 1.54) is 17.3 Å². The Bertz CT molecular complexity index is 1220. The van der Waals surface area contributed by atoms with Crippen LogP contribution in [0.5, 0.6) is 11.5 Å². The molecule has 0 aliphatic carbocycles. The minimum atomic E-state index is -0.206. The molecule has 0 unspecified atom stereocenters. The minimum absolute atomic E-state index is 0.137. The van der Waals surface area contributed by atoms with Crippen LogP contribution in [0, 0.1) is 6.92 Å². The van der Waals surface area contributed by atoms with Crippen LogP contribution in [0.1, 0.15) is 5.56 Å². The number of thioether (sulfide) groups is 1. The average molecular weight is 436 g/mol. The van der Waals surface area contributed by atoms with Crippen molar-refractivity contribution >= 4 is 29.0 Å². The van der Waals surface area contributed by atoms with E-state index in [1.807, 2.05) is 43.3 Å². The summed E-state index contributed by atoms with van der Waals surface area (Å²) < 4.78 is 12.2. The van der Waals surface area contributed by atoms with Crippen LogP contribution < -0.4 is 14.8 Å². The lowest BCUT2D eigenvalue weighted by Gasteiger charge is -2.11. The molecule has 158 valence electrons. The number of nitrogens with one attached hydrogen (secondary N) is 1. The van der Waals surface area contributed by atoms with E-state index in [9.17, 15) is 4.79 Å². The lowest BCUT2D eigenvalue weighted by Crippen LogP contribution is -2.15. The molecular formula is C22H21N5O3S. The summed E-state index contributed by atoms with van der Waals surface area (Å²) in [5.41, 5.74) is 4.15. The maximum absolute atomic E-state index is 12.5. The number of rotatable bonds is 7. The van der Waals surface area contributed by atoms with E-state index in [0.717, 1.165) is 11.3 Å². The van der Waals surface area contributed by atoms with Gasteiger partial charge >= 0.3 is 0 Å². The number of ether oxygens (including phenoxy) is 2. The summed E-state index contributed by atoms with van der Waals surface area (Å²) in [6.45, 7) is 2.04. The van der Waals surface area contributed by atoms with Crippen molar-refractivity contribution in [3.8, 4) is 22.8 Å². The summed E-state index contributed by atoms with van der Waals surface area (Å²) in [4.78, 5) is 12.5. The number of anilines is 1. The number of aromatic nitrogens is 4. The first-order chi connectivity index (χ1) is 15.1. The predicted molar refractivity (Wildman–Crippen MR) is 120 cm³/mol. The summed E-state index contributed by atoms with van der Waals surface area (Å²) in [5, 5.41) is 16.3. The fraction of sp³-hybridized carbons (Fsp3) is 0.182. The van der Waals surface area contributed by atoms with Gasteiger partial charge in [-0.25, -0.2) is 0 Å². The number of hydrogen-bond donors (Lipinski definition) is 1. The summed E-state index contributed by atoms with van der Waals surface area (Å²) in [6.07, 6.45) is 0. The molecule has 2 aromatic carbocycles. The van der Waals surface area contributed by atoms with Crippen molar-refractivity contribution in [2.45, 2.75) is 12.1 Å². The molecule has 0 aliphatic rings. The summed E-state index contributed by atoms with van der Waals surface area (Å²) in [5.74, 6) is 1.11. The molecule has 0 spiro atoms. The molecule has 8 nitrogen and oxygen atoms in total. The Hall–Kier alpha value is -3.59. The monoisotopic (exact) mass is 435 g/mol. The molecular weight excluding hydrogens is 414 g/mol. The quantitative estimate of drug-likeness (QED) is 0.441. The number of fused-ring (bicyclic) bond motifs is 1. The van der Waals surface area contributed by atoms with Crippen molar-refractivity contribution < 1.29 is 14.3 Å². The molecule has 0 fully saturated rings. The van der Waals surface area contributed by atoms with E-state index in [4.69, 9.17) is 9.47 Å². The van der Waals surface area contributed by atoms with Crippen LogP contribution in [0.2, 0.25) is 0 Å². The zero-order chi connectivity index (χ0) is 21.8. The molecule has 2 aromatic heterocycles. The number of methoxy groups -OCH3 is 2. The van der Waals surface area contributed by atoms with Crippen LogP contribution >= 0.6 is 11.8 Å². The number of hydrogen-bond acceptors (Lipinski definition) is 7. The molecule has 4 rings (SSSR count). The van der Waals surface area contributed by atoms with Gasteiger partial charge in [-0.15, -0.1) is 10.2 Å². The van der Waals surface area contributed by atoms with Crippen LogP contribution in [0.3, 0.4) is 0 Å². The highest BCUT2D eigenvalue weighted by atomic mass is 32.2. The van der Waals surface area contributed by atoms with Gasteiger partial charge < -0.3 is 14.8 Å². The van der Waals surface area contributed by atoms with E-state index < -0.39 is 0 Å². The molecule has 0 radical (unpaired) electrons. The molecule has 31 heavy (non-hydrogen) atoms. The second kappa shape index (κ2) is 9.05. The van der Waals surface area contributed by atoms with Crippen LogP contribution in [0.15, 0.2) is 59.8 Å². The van der Waals surface area contributed by atoms with Crippen molar-refractivity contribution in [2.24, 2.45) is 0 Å². The maximum Gasteiger partial charge on any atom is 0.234 e. The smallest absolute Gasteiger partial charge is 0.234 e. The van der Waals surface area contributed by atoms with Crippen molar-refractivity contribution in [1.82, 2.24) is 19.8 Å². The van der Waals surface area contributed by atoms with Crippen LogP contribution in [0.25, 0.3) is 16.9 Å². The average Bonchev–Trinajstić information content (AvgIpc) is 3.20. The number of carbonyl (C=O) groups is 1. The van der Waals surface area contributed by atoms with Gasteiger partial charge in [0.15, 0.2) is 5.65 Å². The Morgan fingerprint density at radius 2 is 1.84 bits per heavy atom. The molecule has 0 aliphatic heterocycles. The third kappa shape index (κ3) is 4.61. The third-order valence-corrected chi connectivity index (χ3v) is 5.51. The van der Waals surface area contributed by atoms with Gasteiger partial charge in [-0.3, -0.25) is 4.79 Å². The molecule has 0 atom stereocenters. The Labute approximate surface area is 183 Å². The fourth-order valence-electron chi connectivity index (χ4n) is 2.97. The van der Waals surface area contributed by atoms with E-state index in [2.05, 4.69) is 20.6 Å². The molecule has 0 bridgehead atoms. The van der Waals surface area contributed by atoms with E-state index >= 15 is 0 Å². The van der Waals surface area contributed by atoms with E-state index in [-0.39, 0.29) is 11.7 Å². The molecule has 0 saturated heterocycles. The van der Waals surface area contributed by atoms with E-state index in [0.29, 0.717) is 28.0 Å². The van der Waals surface area contributed by atoms with Crippen LogP contribution in [-0.4, -0.2) is 45.7 Å². The number of aryl methyl sites for hydroxylation is 1. The predicted octanol–water partition coefficient (Wildman–Crippen LogP) is 3.85. The zero-order valence-corrected chi connectivity index (χ0v) is 18.1. The summed E-state index contributed by atoms with van der Waals surface area (Å²) in [7, 11) is 3.11. The highest BCUT2D eigenvalue weighted by Crippen LogP contribution is 2.29. The first kappa shape index (κ1) is 20.7. The Kier molecular flexibility index (Phi) is 6.03. The Balaban J connectivity index is 1.49.